The van der Waals surface area contributed by atoms with E-state index in [2.05, 4.69) is 4.98 Å². The fraction of sp³-hybridized carbons (Fsp3) is 0.350. The van der Waals surface area contributed by atoms with Crippen molar-refractivity contribution in [3.8, 4) is 0 Å². The summed E-state index contributed by atoms with van der Waals surface area (Å²) in [5, 5.41) is 19.5. The van der Waals surface area contributed by atoms with Crippen LogP contribution < -0.4 is 0 Å². The summed E-state index contributed by atoms with van der Waals surface area (Å²) < 4.78 is 2.10. The largest absolute Gasteiger partial charge is 0.477 e. The first-order chi connectivity index (χ1) is 13.4. The van der Waals surface area contributed by atoms with Crippen LogP contribution in [0.5, 0.6) is 0 Å². The minimum Gasteiger partial charge on any atom is -0.477 e. The molecule has 1 fully saturated rings. The first kappa shape index (κ1) is 19.2. The van der Waals surface area contributed by atoms with Gasteiger partial charge in [0.05, 0.1) is 28.3 Å². The monoisotopic (exact) mass is 416 g/mol. The lowest BCUT2D eigenvalue weighted by Gasteiger charge is -2.46. The second-order valence-corrected chi connectivity index (χ2v) is 9.32. The molecular formula is C20H20N2O4S2. The summed E-state index contributed by atoms with van der Waals surface area (Å²) in [5.74, 6) is -1.43. The standard InChI is InChI=1S/C20H20N2O4S2/c1-10-12(17(19(25)26)22-16(10)15(11(2)23)18(22)24)6-5-9-27-20-21-13-7-3-4-8-14(13)28-20/h3-8,10-11,15-16,23H,9H2,1-2H3,(H,25,26)/b6-5+. The van der Waals surface area contributed by atoms with E-state index < -0.39 is 18.0 Å². The molecule has 3 heterocycles. The first-order valence-electron chi connectivity index (χ1n) is 9.03. The number of hydrogen-bond acceptors (Lipinski definition) is 6. The van der Waals surface area contributed by atoms with Gasteiger partial charge >= 0.3 is 5.97 Å². The van der Waals surface area contributed by atoms with Gasteiger partial charge in [-0.15, -0.1) is 11.3 Å². The number of para-hydroxylation sites is 1. The van der Waals surface area contributed by atoms with Crippen LogP contribution in [-0.4, -0.2) is 49.9 Å². The highest BCUT2D eigenvalue weighted by molar-refractivity contribution is 8.01. The van der Waals surface area contributed by atoms with Crippen LogP contribution in [0.4, 0.5) is 0 Å². The van der Waals surface area contributed by atoms with Gasteiger partial charge in [0.1, 0.15) is 5.70 Å². The normalized spacial score (nSPS) is 25.5. The molecule has 2 aliphatic heterocycles. The second kappa shape index (κ2) is 7.35. The lowest BCUT2D eigenvalue weighted by Crippen LogP contribution is -2.63. The van der Waals surface area contributed by atoms with Crippen LogP contribution >= 0.6 is 23.1 Å². The fourth-order valence-corrected chi connectivity index (χ4v) is 5.92. The number of aliphatic hydroxyl groups is 1. The summed E-state index contributed by atoms with van der Waals surface area (Å²) in [6, 6.07) is 7.69. The smallest absolute Gasteiger partial charge is 0.352 e. The number of thiazole rings is 1. The van der Waals surface area contributed by atoms with Crippen LogP contribution in [0.2, 0.25) is 0 Å². The van der Waals surface area contributed by atoms with Crippen molar-refractivity contribution in [1.29, 1.82) is 0 Å². The van der Waals surface area contributed by atoms with Gasteiger partial charge in [-0.3, -0.25) is 4.79 Å². The van der Waals surface area contributed by atoms with E-state index in [1.54, 1.807) is 36.1 Å². The minimum absolute atomic E-state index is 0.0423. The van der Waals surface area contributed by atoms with E-state index in [1.165, 1.54) is 4.90 Å². The maximum absolute atomic E-state index is 12.3. The van der Waals surface area contributed by atoms with Gasteiger partial charge in [-0.1, -0.05) is 43.0 Å². The Bertz CT molecular complexity index is 978. The predicted octanol–water partition coefficient (Wildman–Crippen LogP) is 3.14. The van der Waals surface area contributed by atoms with Gasteiger partial charge in [-0.05, 0) is 24.6 Å². The summed E-state index contributed by atoms with van der Waals surface area (Å²) in [6.45, 7) is 3.49. The molecule has 2 aromatic rings. The summed E-state index contributed by atoms with van der Waals surface area (Å²) >= 11 is 3.23. The maximum atomic E-state index is 12.3. The maximum Gasteiger partial charge on any atom is 0.352 e. The fourth-order valence-electron chi connectivity index (χ4n) is 4.02. The number of fused-ring (bicyclic) bond motifs is 2. The predicted molar refractivity (Wildman–Crippen MR) is 109 cm³/mol. The zero-order chi connectivity index (χ0) is 20.0. The number of carbonyl (C=O) groups excluding carboxylic acids is 1. The SMILES string of the molecule is CC(O)C1C(=O)N2C(C(=O)O)=C(/C=C/CSc3nc4ccccc4s3)C(C)C12. The highest BCUT2D eigenvalue weighted by Crippen LogP contribution is 2.47. The van der Waals surface area contributed by atoms with Crippen LogP contribution in [0.3, 0.4) is 0 Å². The van der Waals surface area contributed by atoms with E-state index in [9.17, 15) is 19.8 Å². The molecule has 0 bridgehead atoms. The van der Waals surface area contributed by atoms with Gasteiger partial charge in [-0.2, -0.15) is 0 Å². The van der Waals surface area contributed by atoms with E-state index in [0.717, 1.165) is 14.6 Å². The van der Waals surface area contributed by atoms with Crippen molar-refractivity contribution in [1.82, 2.24) is 9.88 Å². The number of β-lactam (4-membered cyclic amide) rings is 1. The third kappa shape index (κ3) is 3.05. The Morgan fingerprint density at radius 3 is 2.86 bits per heavy atom. The number of carboxylic acids is 1. The lowest BCUT2D eigenvalue weighted by molar-refractivity contribution is -0.163. The Kier molecular flexibility index (Phi) is 5.03. The van der Waals surface area contributed by atoms with Crippen molar-refractivity contribution in [3.63, 3.8) is 0 Å². The molecule has 2 N–H and O–H groups in total. The molecule has 8 heteroatoms. The number of nitrogens with zero attached hydrogens (tertiary/aromatic N) is 2. The molecule has 1 amide bonds. The number of benzene rings is 1. The first-order valence-corrected chi connectivity index (χ1v) is 10.8. The minimum atomic E-state index is -1.11. The van der Waals surface area contributed by atoms with Crippen molar-refractivity contribution < 1.29 is 19.8 Å². The molecule has 146 valence electrons. The van der Waals surface area contributed by atoms with Crippen LogP contribution in [0.1, 0.15) is 13.8 Å². The van der Waals surface area contributed by atoms with Crippen molar-refractivity contribution in [2.45, 2.75) is 30.3 Å². The molecule has 2 aliphatic rings. The molecule has 1 saturated heterocycles. The van der Waals surface area contributed by atoms with Gasteiger partial charge in [0, 0.05) is 11.7 Å². The number of rotatable bonds is 6. The van der Waals surface area contributed by atoms with E-state index in [1.807, 2.05) is 37.3 Å². The summed E-state index contributed by atoms with van der Waals surface area (Å²) in [7, 11) is 0. The quantitative estimate of drug-likeness (QED) is 0.555. The Morgan fingerprint density at radius 2 is 2.18 bits per heavy atom. The number of amides is 1. The van der Waals surface area contributed by atoms with Gasteiger partial charge in [-0.25, -0.2) is 9.78 Å². The summed E-state index contributed by atoms with van der Waals surface area (Å²) in [4.78, 5) is 30.0. The highest BCUT2D eigenvalue weighted by Gasteiger charge is 2.59. The van der Waals surface area contributed by atoms with Crippen molar-refractivity contribution in [2.75, 3.05) is 5.75 Å². The molecule has 0 saturated carbocycles. The zero-order valence-corrected chi connectivity index (χ0v) is 17.0. The van der Waals surface area contributed by atoms with Crippen LogP contribution in [0.25, 0.3) is 10.2 Å². The third-order valence-corrected chi connectivity index (χ3v) is 7.43. The number of aliphatic hydroxyl groups excluding tert-OH is 1. The number of allylic oxidation sites excluding steroid dienone is 1. The molecule has 0 aliphatic carbocycles. The van der Waals surface area contributed by atoms with Crippen molar-refractivity contribution >= 4 is 45.2 Å². The number of carbonyl (C=O) groups is 2. The van der Waals surface area contributed by atoms with Crippen molar-refractivity contribution in [3.05, 3.63) is 47.7 Å². The summed E-state index contributed by atoms with van der Waals surface area (Å²) in [5.41, 5.74) is 1.66. The number of thioether (sulfide) groups is 1. The average Bonchev–Trinajstić information content (AvgIpc) is 3.15. The third-order valence-electron chi connectivity index (χ3n) is 5.30. The molecule has 0 spiro atoms. The number of hydrogen-bond donors (Lipinski definition) is 2. The van der Waals surface area contributed by atoms with E-state index in [0.29, 0.717) is 11.3 Å². The number of carboxylic acid groups (broad SMARTS) is 1. The van der Waals surface area contributed by atoms with Gasteiger partial charge in [0.2, 0.25) is 5.91 Å². The molecule has 28 heavy (non-hydrogen) atoms. The molecule has 1 aromatic heterocycles. The molecular weight excluding hydrogens is 396 g/mol. The molecule has 4 rings (SSSR count). The molecule has 0 radical (unpaired) electrons. The molecule has 4 atom stereocenters. The second-order valence-electron chi connectivity index (χ2n) is 7.02. The van der Waals surface area contributed by atoms with Gasteiger partial charge in [0.15, 0.2) is 4.34 Å². The van der Waals surface area contributed by atoms with E-state index in [4.69, 9.17) is 0 Å². The van der Waals surface area contributed by atoms with Crippen LogP contribution in [0, 0.1) is 11.8 Å². The molecule has 6 nitrogen and oxygen atoms in total. The Balaban J connectivity index is 1.49. The van der Waals surface area contributed by atoms with Gasteiger partial charge < -0.3 is 15.1 Å². The zero-order valence-electron chi connectivity index (χ0n) is 15.4. The van der Waals surface area contributed by atoms with E-state index >= 15 is 0 Å². The Hall–Kier alpha value is -2.16. The topological polar surface area (TPSA) is 90.7 Å². The van der Waals surface area contributed by atoms with Crippen LogP contribution in [-0.2, 0) is 9.59 Å². The molecule has 1 aromatic carbocycles. The summed E-state index contributed by atoms with van der Waals surface area (Å²) in [6.07, 6.45) is 2.93. The van der Waals surface area contributed by atoms with E-state index in [-0.39, 0.29) is 23.6 Å². The highest BCUT2D eigenvalue weighted by atomic mass is 32.2. The van der Waals surface area contributed by atoms with Gasteiger partial charge in [0.25, 0.3) is 0 Å². The Labute approximate surface area is 170 Å². The molecule has 4 unspecified atom stereocenters. The number of aliphatic carboxylic acids is 1. The van der Waals surface area contributed by atoms with Crippen LogP contribution in [0.15, 0.2) is 52.0 Å². The van der Waals surface area contributed by atoms with Crippen molar-refractivity contribution in [2.24, 2.45) is 11.8 Å². The number of aromatic nitrogens is 1. The average molecular weight is 417 g/mol. The Morgan fingerprint density at radius 1 is 1.43 bits per heavy atom. The lowest BCUT2D eigenvalue weighted by atomic mass is 9.78.